The molecule has 1 aliphatic rings. The Balaban J connectivity index is 0.00000124. The van der Waals surface area contributed by atoms with Gasteiger partial charge in [0.25, 0.3) is 5.89 Å². The number of alkyl halides is 4. The highest BCUT2D eigenvalue weighted by molar-refractivity contribution is 5.84. The Morgan fingerprint density at radius 1 is 1.13 bits per heavy atom. The van der Waals surface area contributed by atoms with E-state index in [1.807, 2.05) is 0 Å². The molecule has 7 nitrogen and oxygen atoms in total. The van der Waals surface area contributed by atoms with Gasteiger partial charge < -0.3 is 15.1 Å². The van der Waals surface area contributed by atoms with E-state index in [2.05, 4.69) is 25.8 Å². The van der Waals surface area contributed by atoms with Crippen LogP contribution in [0.2, 0.25) is 0 Å². The summed E-state index contributed by atoms with van der Waals surface area (Å²) >= 11 is 0. The van der Waals surface area contributed by atoms with Gasteiger partial charge in [0.05, 0.1) is 18.4 Å². The van der Waals surface area contributed by atoms with Crippen LogP contribution >= 0.6 is 0 Å². The summed E-state index contributed by atoms with van der Waals surface area (Å²) in [4.78, 5) is 16.0. The van der Waals surface area contributed by atoms with Crippen molar-refractivity contribution in [1.29, 1.82) is 0 Å². The summed E-state index contributed by atoms with van der Waals surface area (Å²) in [7, 11) is 0.500. The standard InChI is InChI=1S/C18H14F3N5O2.CH3F/c19-18(20,21)10-3-5-11(6-4-10)24-13-2-1-8-22-14(13)17-26-25-16(28-17)12-7-9-23-15(12)27;1-2/h1-6,8,12,24H,7,9H2,(H,23,27);1H3. The molecule has 3 heterocycles. The van der Waals surface area contributed by atoms with E-state index in [4.69, 9.17) is 4.42 Å². The molecule has 0 spiro atoms. The Morgan fingerprint density at radius 3 is 2.50 bits per heavy atom. The molecular weight excluding hydrogens is 406 g/mol. The second-order valence-electron chi connectivity index (χ2n) is 6.18. The van der Waals surface area contributed by atoms with Crippen LogP contribution in [0, 0.1) is 0 Å². The molecule has 0 saturated carbocycles. The summed E-state index contributed by atoms with van der Waals surface area (Å²) < 4.78 is 53.2. The van der Waals surface area contributed by atoms with E-state index in [9.17, 15) is 22.4 Å². The van der Waals surface area contributed by atoms with E-state index in [0.29, 0.717) is 37.2 Å². The van der Waals surface area contributed by atoms with Crippen LogP contribution in [0.5, 0.6) is 0 Å². The van der Waals surface area contributed by atoms with Gasteiger partial charge in [0.15, 0.2) is 5.69 Å². The highest BCUT2D eigenvalue weighted by Gasteiger charge is 2.32. The molecule has 11 heteroatoms. The molecule has 1 saturated heterocycles. The van der Waals surface area contributed by atoms with Crippen molar-refractivity contribution in [3.63, 3.8) is 0 Å². The lowest BCUT2D eigenvalue weighted by molar-refractivity contribution is -0.137. The number of hydrogen-bond donors (Lipinski definition) is 2. The van der Waals surface area contributed by atoms with Gasteiger partial charge in [-0.1, -0.05) is 0 Å². The molecule has 3 aromatic rings. The number of hydrogen-bond acceptors (Lipinski definition) is 6. The number of benzene rings is 1. The Morgan fingerprint density at radius 2 is 1.87 bits per heavy atom. The van der Waals surface area contributed by atoms with Crippen molar-refractivity contribution in [2.24, 2.45) is 0 Å². The number of carbonyl (C=O) groups excluding carboxylic acids is 1. The number of amides is 1. The lowest BCUT2D eigenvalue weighted by Crippen LogP contribution is -2.18. The van der Waals surface area contributed by atoms with E-state index < -0.39 is 17.7 Å². The first-order chi connectivity index (χ1) is 14.4. The largest absolute Gasteiger partial charge is 0.418 e. The van der Waals surface area contributed by atoms with Crippen LogP contribution in [-0.4, -0.2) is 34.8 Å². The van der Waals surface area contributed by atoms with Crippen LogP contribution in [0.15, 0.2) is 47.0 Å². The normalized spacial score (nSPS) is 15.9. The molecule has 0 radical (unpaired) electrons. The molecule has 0 bridgehead atoms. The maximum absolute atomic E-state index is 12.7. The molecule has 1 aliphatic heterocycles. The van der Waals surface area contributed by atoms with Crippen molar-refractivity contribution >= 4 is 17.3 Å². The zero-order valence-corrected chi connectivity index (χ0v) is 15.7. The summed E-state index contributed by atoms with van der Waals surface area (Å²) in [5.41, 5.74) is 0.519. The lowest BCUT2D eigenvalue weighted by Gasteiger charge is -2.11. The third kappa shape index (κ3) is 4.56. The van der Waals surface area contributed by atoms with Crippen molar-refractivity contribution in [3.05, 3.63) is 54.0 Å². The van der Waals surface area contributed by atoms with Gasteiger partial charge in [0, 0.05) is 18.4 Å². The average molecular weight is 423 g/mol. The van der Waals surface area contributed by atoms with Crippen LogP contribution < -0.4 is 10.6 Å². The van der Waals surface area contributed by atoms with Gasteiger partial charge in [-0.15, -0.1) is 10.2 Å². The minimum absolute atomic E-state index is 0.115. The fraction of sp³-hybridized carbons (Fsp3) is 0.263. The maximum Gasteiger partial charge on any atom is 0.416 e. The molecule has 1 amide bonds. The minimum Gasteiger partial charge on any atom is -0.418 e. The quantitative estimate of drug-likeness (QED) is 0.615. The fourth-order valence-electron chi connectivity index (χ4n) is 2.88. The van der Waals surface area contributed by atoms with Gasteiger partial charge in [0.2, 0.25) is 11.8 Å². The van der Waals surface area contributed by atoms with Gasteiger partial charge >= 0.3 is 6.18 Å². The fourth-order valence-corrected chi connectivity index (χ4v) is 2.88. The number of rotatable bonds is 4. The van der Waals surface area contributed by atoms with E-state index in [0.717, 1.165) is 12.1 Å². The monoisotopic (exact) mass is 423 g/mol. The second kappa shape index (κ2) is 8.89. The predicted octanol–water partition coefficient (Wildman–Crippen LogP) is 4.08. The van der Waals surface area contributed by atoms with E-state index >= 15 is 0 Å². The van der Waals surface area contributed by atoms with Gasteiger partial charge in [-0.05, 0) is 42.8 Å². The lowest BCUT2D eigenvalue weighted by atomic mass is 10.1. The SMILES string of the molecule is CF.O=C1NCCC1c1nnc(-c2ncccc2Nc2ccc(C(F)(F)F)cc2)o1. The molecule has 30 heavy (non-hydrogen) atoms. The summed E-state index contributed by atoms with van der Waals surface area (Å²) in [5.74, 6) is -0.337. The molecule has 2 N–H and O–H groups in total. The molecule has 0 aliphatic carbocycles. The predicted molar refractivity (Wildman–Crippen MR) is 99.7 cm³/mol. The Bertz CT molecular complexity index is 1000. The number of anilines is 2. The topological polar surface area (TPSA) is 92.9 Å². The summed E-state index contributed by atoms with van der Waals surface area (Å²) in [6.07, 6.45) is -2.30. The first-order valence-corrected chi connectivity index (χ1v) is 8.80. The third-order valence-electron chi connectivity index (χ3n) is 4.29. The van der Waals surface area contributed by atoms with Crippen LogP contribution in [0.1, 0.15) is 23.8 Å². The number of halogens is 4. The molecule has 4 rings (SSSR count). The number of nitrogens with one attached hydrogen (secondary N) is 2. The first-order valence-electron chi connectivity index (χ1n) is 8.80. The van der Waals surface area contributed by atoms with Gasteiger partial charge in [-0.3, -0.25) is 9.18 Å². The Labute approximate surface area is 168 Å². The minimum atomic E-state index is -4.40. The van der Waals surface area contributed by atoms with Crippen LogP contribution in [0.4, 0.5) is 28.9 Å². The summed E-state index contributed by atoms with van der Waals surface area (Å²) in [6.45, 7) is 0.547. The molecule has 158 valence electrons. The van der Waals surface area contributed by atoms with Crippen molar-refractivity contribution in [3.8, 4) is 11.6 Å². The smallest absolute Gasteiger partial charge is 0.416 e. The van der Waals surface area contributed by atoms with Crippen molar-refractivity contribution < 1.29 is 26.8 Å². The Hall–Kier alpha value is -3.50. The zero-order chi connectivity index (χ0) is 21.7. The van der Waals surface area contributed by atoms with E-state index in [-0.39, 0.29) is 17.7 Å². The molecule has 2 aromatic heterocycles. The van der Waals surface area contributed by atoms with Crippen LogP contribution in [0.3, 0.4) is 0 Å². The highest BCUT2D eigenvalue weighted by Crippen LogP contribution is 2.32. The van der Waals surface area contributed by atoms with Crippen molar-refractivity contribution in [2.45, 2.75) is 18.5 Å². The second-order valence-corrected chi connectivity index (χ2v) is 6.18. The number of carbonyl (C=O) groups is 1. The van der Waals surface area contributed by atoms with Gasteiger partial charge in [-0.25, -0.2) is 4.98 Å². The first kappa shape index (κ1) is 21.2. The van der Waals surface area contributed by atoms with Crippen molar-refractivity contribution in [2.75, 3.05) is 19.0 Å². The number of pyridine rings is 1. The zero-order valence-electron chi connectivity index (χ0n) is 15.7. The van der Waals surface area contributed by atoms with Crippen molar-refractivity contribution in [1.82, 2.24) is 20.5 Å². The summed E-state index contributed by atoms with van der Waals surface area (Å²) in [6, 6.07) is 7.97. The summed E-state index contributed by atoms with van der Waals surface area (Å²) in [5, 5.41) is 13.6. The van der Waals surface area contributed by atoms with Gasteiger partial charge in [-0.2, -0.15) is 13.2 Å². The molecular formula is C19H17F4N5O2. The molecule has 1 atom stereocenters. The average Bonchev–Trinajstić information content (AvgIpc) is 3.38. The molecule has 1 fully saturated rings. The van der Waals surface area contributed by atoms with E-state index in [1.54, 1.807) is 12.1 Å². The number of nitrogens with zero attached hydrogens (tertiary/aromatic N) is 3. The van der Waals surface area contributed by atoms with E-state index in [1.165, 1.54) is 18.3 Å². The highest BCUT2D eigenvalue weighted by atomic mass is 19.4. The number of aromatic nitrogens is 3. The van der Waals surface area contributed by atoms with Gasteiger partial charge in [0.1, 0.15) is 5.92 Å². The van der Waals surface area contributed by atoms with Crippen LogP contribution in [0.25, 0.3) is 11.6 Å². The van der Waals surface area contributed by atoms with Crippen LogP contribution in [-0.2, 0) is 11.0 Å². The Kier molecular flexibility index (Phi) is 6.28. The molecule has 1 aromatic carbocycles. The maximum atomic E-state index is 12.7. The molecule has 1 unspecified atom stereocenters. The third-order valence-corrected chi connectivity index (χ3v) is 4.29.